The van der Waals surface area contributed by atoms with Crippen molar-refractivity contribution in [2.24, 2.45) is 0 Å². The lowest BCUT2D eigenvalue weighted by Gasteiger charge is -2.19. The Labute approximate surface area is 167 Å². The summed E-state index contributed by atoms with van der Waals surface area (Å²) in [5.74, 6) is -0.309. The average molecular weight is 401 g/mol. The summed E-state index contributed by atoms with van der Waals surface area (Å²) in [5.41, 5.74) is 0.310. The van der Waals surface area contributed by atoms with E-state index in [1.165, 1.54) is 9.60 Å². The number of fused-ring (bicyclic) bond motifs is 1. The number of urea groups is 1. The fourth-order valence-electron chi connectivity index (χ4n) is 3.99. The van der Waals surface area contributed by atoms with Gasteiger partial charge in [0, 0.05) is 25.9 Å². The minimum Gasteiger partial charge on any atom is -0.356 e. The Morgan fingerprint density at radius 1 is 1.25 bits per heavy atom. The zero-order valence-corrected chi connectivity index (χ0v) is 16.5. The van der Waals surface area contributed by atoms with Crippen LogP contribution in [0.5, 0.6) is 0 Å². The number of thiazole rings is 1. The molecule has 4 rings (SSSR count). The van der Waals surface area contributed by atoms with Crippen LogP contribution in [0.2, 0.25) is 0 Å². The lowest BCUT2D eigenvalue weighted by molar-refractivity contribution is -0.131. The molecule has 1 spiro atoms. The lowest BCUT2D eigenvalue weighted by Crippen LogP contribution is -2.44. The van der Waals surface area contributed by atoms with E-state index in [4.69, 9.17) is 0 Å². The Bertz CT molecular complexity index is 871. The smallest absolute Gasteiger partial charge is 0.325 e. The van der Waals surface area contributed by atoms with Gasteiger partial charge in [0.15, 0.2) is 0 Å². The number of nitrogens with one attached hydrogen (secondary N) is 2. The highest BCUT2D eigenvalue weighted by Gasteiger charge is 2.52. The molecule has 1 aromatic heterocycles. The molecular formula is C20H24N4O3S. The highest BCUT2D eigenvalue weighted by molar-refractivity contribution is 7.18. The monoisotopic (exact) mass is 400 g/mol. The van der Waals surface area contributed by atoms with Crippen LogP contribution in [-0.4, -0.2) is 46.4 Å². The number of rotatable bonds is 7. The molecule has 0 unspecified atom stereocenters. The van der Waals surface area contributed by atoms with Crippen molar-refractivity contribution < 1.29 is 14.4 Å². The van der Waals surface area contributed by atoms with E-state index in [1.807, 2.05) is 18.2 Å². The molecule has 2 aromatic rings. The molecule has 0 bridgehead atoms. The summed E-state index contributed by atoms with van der Waals surface area (Å²) >= 11 is 1.68. The number of benzene rings is 1. The number of amides is 4. The van der Waals surface area contributed by atoms with Gasteiger partial charge in [-0.15, -0.1) is 11.3 Å². The average Bonchev–Trinajstić information content (AvgIpc) is 3.37. The van der Waals surface area contributed by atoms with E-state index < -0.39 is 5.54 Å². The summed E-state index contributed by atoms with van der Waals surface area (Å²) < 4.78 is 1.18. The van der Waals surface area contributed by atoms with Crippen LogP contribution in [0.4, 0.5) is 4.79 Å². The van der Waals surface area contributed by atoms with E-state index in [-0.39, 0.29) is 30.8 Å². The van der Waals surface area contributed by atoms with Crippen LogP contribution in [0, 0.1) is 0 Å². The molecule has 148 valence electrons. The van der Waals surface area contributed by atoms with E-state index >= 15 is 0 Å². The van der Waals surface area contributed by atoms with E-state index in [2.05, 4.69) is 21.7 Å². The number of carbonyl (C=O) groups excluding carboxylic acids is 3. The zero-order chi connectivity index (χ0) is 19.6. The Balaban J connectivity index is 1.19. The summed E-state index contributed by atoms with van der Waals surface area (Å²) in [6, 6.07) is 7.68. The van der Waals surface area contributed by atoms with Gasteiger partial charge in [0.25, 0.3) is 5.91 Å². The number of carbonyl (C=O) groups is 3. The maximum atomic E-state index is 12.5. The maximum absolute atomic E-state index is 12.5. The van der Waals surface area contributed by atoms with Crippen LogP contribution in [0.1, 0.15) is 43.5 Å². The Morgan fingerprint density at radius 2 is 2.04 bits per heavy atom. The quantitative estimate of drug-likeness (QED) is 0.552. The van der Waals surface area contributed by atoms with Gasteiger partial charge in [-0.2, -0.15) is 0 Å². The third kappa shape index (κ3) is 3.73. The first kappa shape index (κ1) is 18.9. The second kappa shape index (κ2) is 7.87. The highest BCUT2D eigenvalue weighted by Crippen LogP contribution is 2.35. The van der Waals surface area contributed by atoms with Crippen molar-refractivity contribution in [3.05, 3.63) is 29.3 Å². The van der Waals surface area contributed by atoms with Gasteiger partial charge in [0.05, 0.1) is 15.2 Å². The Hall–Kier alpha value is -2.48. The summed E-state index contributed by atoms with van der Waals surface area (Å²) in [6.07, 6.45) is 5.06. The van der Waals surface area contributed by atoms with Crippen molar-refractivity contribution in [2.75, 3.05) is 13.1 Å². The molecule has 1 saturated carbocycles. The third-order valence-electron chi connectivity index (χ3n) is 5.49. The predicted molar refractivity (Wildman–Crippen MR) is 107 cm³/mol. The van der Waals surface area contributed by atoms with Crippen molar-refractivity contribution in [1.29, 1.82) is 0 Å². The van der Waals surface area contributed by atoms with Crippen LogP contribution < -0.4 is 10.6 Å². The van der Waals surface area contributed by atoms with Gasteiger partial charge < -0.3 is 10.6 Å². The molecule has 2 heterocycles. The molecule has 1 aliphatic carbocycles. The number of hydrogen-bond acceptors (Lipinski definition) is 5. The standard InChI is InChI=1S/C20H24N4O3S/c25-16(9-13-24-18(26)20(23-19(24)27)10-3-4-11-20)21-12-5-8-17-22-14-6-1-2-7-15(14)28-17/h1-2,6-7H,3-5,8-13H2,(H,21,25)(H,23,27). The molecule has 7 nitrogen and oxygen atoms in total. The normalized spacial score (nSPS) is 18.2. The fourth-order valence-corrected chi connectivity index (χ4v) is 5.00. The third-order valence-corrected chi connectivity index (χ3v) is 6.59. The summed E-state index contributed by atoms with van der Waals surface area (Å²) in [4.78, 5) is 42.5. The van der Waals surface area contributed by atoms with E-state index in [1.54, 1.807) is 11.3 Å². The Morgan fingerprint density at radius 3 is 2.82 bits per heavy atom. The van der Waals surface area contributed by atoms with E-state index in [0.29, 0.717) is 19.4 Å². The van der Waals surface area contributed by atoms with Gasteiger partial charge >= 0.3 is 6.03 Å². The maximum Gasteiger partial charge on any atom is 0.325 e. The number of aromatic nitrogens is 1. The van der Waals surface area contributed by atoms with Gasteiger partial charge in [0.2, 0.25) is 5.91 Å². The number of aryl methyl sites for hydroxylation is 1. The molecule has 0 radical (unpaired) electrons. The summed E-state index contributed by atoms with van der Waals surface area (Å²) in [6.45, 7) is 0.689. The van der Waals surface area contributed by atoms with Crippen LogP contribution in [0.3, 0.4) is 0 Å². The van der Waals surface area contributed by atoms with E-state index in [0.717, 1.165) is 36.2 Å². The topological polar surface area (TPSA) is 91.4 Å². The second-order valence-corrected chi connectivity index (χ2v) is 8.57. The largest absolute Gasteiger partial charge is 0.356 e. The molecule has 4 amide bonds. The number of para-hydroxylation sites is 1. The highest BCUT2D eigenvalue weighted by atomic mass is 32.1. The van der Waals surface area contributed by atoms with Crippen molar-refractivity contribution in [2.45, 2.75) is 50.5 Å². The molecule has 1 saturated heterocycles. The van der Waals surface area contributed by atoms with Crippen LogP contribution in [-0.2, 0) is 16.0 Å². The second-order valence-electron chi connectivity index (χ2n) is 7.45. The van der Waals surface area contributed by atoms with Crippen molar-refractivity contribution >= 4 is 39.4 Å². The first-order chi connectivity index (χ1) is 13.6. The molecule has 0 atom stereocenters. The van der Waals surface area contributed by atoms with E-state index in [9.17, 15) is 14.4 Å². The zero-order valence-electron chi connectivity index (χ0n) is 15.7. The molecule has 1 aliphatic heterocycles. The summed E-state index contributed by atoms with van der Waals surface area (Å²) in [5, 5.41) is 6.77. The van der Waals surface area contributed by atoms with Crippen LogP contribution in [0.15, 0.2) is 24.3 Å². The molecule has 2 N–H and O–H groups in total. The van der Waals surface area contributed by atoms with Gasteiger partial charge in [-0.25, -0.2) is 9.78 Å². The lowest BCUT2D eigenvalue weighted by atomic mass is 9.98. The van der Waals surface area contributed by atoms with Gasteiger partial charge in [-0.1, -0.05) is 25.0 Å². The number of imide groups is 1. The van der Waals surface area contributed by atoms with Crippen molar-refractivity contribution in [3.8, 4) is 0 Å². The van der Waals surface area contributed by atoms with Gasteiger partial charge in [-0.3, -0.25) is 14.5 Å². The van der Waals surface area contributed by atoms with Crippen LogP contribution in [0.25, 0.3) is 10.2 Å². The summed E-state index contributed by atoms with van der Waals surface area (Å²) in [7, 11) is 0. The first-order valence-electron chi connectivity index (χ1n) is 9.83. The molecular weight excluding hydrogens is 376 g/mol. The SMILES string of the molecule is O=C(CCN1C(=O)NC2(CCCC2)C1=O)NCCCc1nc2ccccc2s1. The van der Waals surface area contributed by atoms with Gasteiger partial charge in [-0.05, 0) is 31.4 Å². The minimum atomic E-state index is -0.704. The molecule has 8 heteroatoms. The fraction of sp³-hybridized carbons (Fsp3) is 0.500. The number of hydrogen-bond donors (Lipinski definition) is 2. The van der Waals surface area contributed by atoms with Crippen LogP contribution >= 0.6 is 11.3 Å². The van der Waals surface area contributed by atoms with Crippen molar-refractivity contribution in [3.63, 3.8) is 0 Å². The molecule has 2 aliphatic rings. The molecule has 2 fully saturated rings. The minimum absolute atomic E-state index is 0.135. The molecule has 1 aromatic carbocycles. The molecule has 28 heavy (non-hydrogen) atoms. The predicted octanol–water partition coefficient (Wildman–Crippen LogP) is 2.60. The Kier molecular flexibility index (Phi) is 5.30. The number of nitrogens with zero attached hydrogens (tertiary/aromatic N) is 2. The first-order valence-corrected chi connectivity index (χ1v) is 10.6. The van der Waals surface area contributed by atoms with Crippen molar-refractivity contribution in [1.82, 2.24) is 20.5 Å². The van der Waals surface area contributed by atoms with Gasteiger partial charge in [0.1, 0.15) is 5.54 Å².